The predicted octanol–water partition coefficient (Wildman–Crippen LogP) is 4.88. The van der Waals surface area contributed by atoms with Crippen molar-refractivity contribution < 1.29 is 5.11 Å². The zero-order valence-electron chi connectivity index (χ0n) is 11.7. The van der Waals surface area contributed by atoms with Gasteiger partial charge in [0.05, 0.1) is 0 Å². The van der Waals surface area contributed by atoms with Gasteiger partial charge in [0.15, 0.2) is 0 Å². The van der Waals surface area contributed by atoms with Gasteiger partial charge in [-0.05, 0) is 39.7 Å². The van der Waals surface area contributed by atoms with Crippen molar-refractivity contribution in [2.45, 2.75) is 57.7 Å². The van der Waals surface area contributed by atoms with Crippen molar-refractivity contribution in [3.8, 4) is 5.75 Å². The highest BCUT2D eigenvalue weighted by Crippen LogP contribution is 2.37. The van der Waals surface area contributed by atoms with E-state index in [1.165, 1.54) is 16.7 Å². The molecule has 1 rings (SSSR count). The van der Waals surface area contributed by atoms with Crippen LogP contribution in [0, 0.1) is 0 Å². The second-order valence-corrected chi connectivity index (χ2v) is 7.21. The van der Waals surface area contributed by atoms with E-state index in [0.29, 0.717) is 5.75 Å². The lowest BCUT2D eigenvalue weighted by Gasteiger charge is -2.29. The van der Waals surface area contributed by atoms with E-state index in [0.717, 1.165) is 5.33 Å². The number of aromatic hydroxyl groups is 1. The van der Waals surface area contributed by atoms with Crippen molar-refractivity contribution in [2.75, 3.05) is 0 Å². The average molecular weight is 299 g/mol. The first-order valence-corrected chi connectivity index (χ1v) is 7.12. The first kappa shape index (κ1) is 14.6. The van der Waals surface area contributed by atoms with Crippen molar-refractivity contribution in [1.82, 2.24) is 0 Å². The molecule has 0 heterocycles. The molecule has 1 aromatic carbocycles. The van der Waals surface area contributed by atoms with Crippen LogP contribution in [0.25, 0.3) is 0 Å². The fourth-order valence-electron chi connectivity index (χ4n) is 2.14. The largest absolute Gasteiger partial charge is 0.508 e. The quantitative estimate of drug-likeness (QED) is 0.733. The maximum Gasteiger partial charge on any atom is 0.116 e. The van der Waals surface area contributed by atoms with Gasteiger partial charge in [-0.2, -0.15) is 0 Å². The number of alkyl halides is 1. The van der Waals surface area contributed by atoms with Gasteiger partial charge in [0.2, 0.25) is 0 Å². The fraction of sp³-hybridized carbons (Fsp3) is 0.600. The Labute approximate surface area is 113 Å². The summed E-state index contributed by atoms with van der Waals surface area (Å²) < 4.78 is 0. The molecule has 1 N–H and O–H groups in total. The van der Waals surface area contributed by atoms with Crippen LogP contribution in [0.5, 0.6) is 5.75 Å². The number of hydrogen-bond donors (Lipinski definition) is 1. The molecule has 0 aliphatic rings. The van der Waals surface area contributed by atoms with Crippen molar-refractivity contribution in [3.05, 3.63) is 28.8 Å². The molecule has 96 valence electrons. The van der Waals surface area contributed by atoms with Crippen LogP contribution < -0.4 is 0 Å². The molecule has 0 amide bonds. The molecule has 0 spiro atoms. The third-order valence-electron chi connectivity index (χ3n) is 2.98. The van der Waals surface area contributed by atoms with Crippen molar-refractivity contribution in [3.63, 3.8) is 0 Å². The minimum atomic E-state index is 0.0435. The number of phenolic OH excluding ortho intramolecular Hbond substituents is 1. The molecule has 0 aliphatic heterocycles. The third kappa shape index (κ3) is 3.25. The molecular formula is C15H23BrO. The van der Waals surface area contributed by atoms with Gasteiger partial charge in [-0.1, -0.05) is 57.5 Å². The molecular weight excluding hydrogens is 276 g/mol. The van der Waals surface area contributed by atoms with Crippen LogP contribution in [0.2, 0.25) is 0 Å². The van der Waals surface area contributed by atoms with Gasteiger partial charge in [-0.25, -0.2) is 0 Å². The predicted molar refractivity (Wildman–Crippen MR) is 78.1 cm³/mol. The van der Waals surface area contributed by atoms with E-state index in [2.05, 4.69) is 57.5 Å². The number of halogens is 1. The lowest BCUT2D eigenvalue weighted by Crippen LogP contribution is -2.20. The maximum absolute atomic E-state index is 9.93. The van der Waals surface area contributed by atoms with E-state index >= 15 is 0 Å². The molecule has 0 fully saturated rings. The van der Waals surface area contributed by atoms with E-state index in [4.69, 9.17) is 0 Å². The van der Waals surface area contributed by atoms with Gasteiger partial charge < -0.3 is 5.11 Å². The van der Waals surface area contributed by atoms with Gasteiger partial charge >= 0.3 is 0 Å². The summed E-state index contributed by atoms with van der Waals surface area (Å²) in [7, 11) is 0. The van der Waals surface area contributed by atoms with Gasteiger partial charge in [0.1, 0.15) is 5.75 Å². The Hall–Kier alpha value is -0.500. The molecule has 0 aromatic heterocycles. The first-order valence-electron chi connectivity index (χ1n) is 6.00. The maximum atomic E-state index is 9.93. The van der Waals surface area contributed by atoms with Crippen LogP contribution in [-0.4, -0.2) is 5.11 Å². The summed E-state index contributed by atoms with van der Waals surface area (Å²) in [4.78, 5) is 0. The summed E-state index contributed by atoms with van der Waals surface area (Å²) >= 11 is 3.59. The topological polar surface area (TPSA) is 20.2 Å². The zero-order valence-corrected chi connectivity index (χ0v) is 13.3. The van der Waals surface area contributed by atoms with Crippen LogP contribution in [-0.2, 0) is 16.2 Å². The molecule has 0 bridgehead atoms. The lowest BCUT2D eigenvalue weighted by atomic mass is 9.76. The number of phenols is 1. The zero-order chi connectivity index (χ0) is 13.4. The Morgan fingerprint density at radius 1 is 0.941 bits per heavy atom. The Bertz CT molecular complexity index is 373. The molecule has 0 saturated heterocycles. The first-order chi connectivity index (χ1) is 7.57. The smallest absolute Gasteiger partial charge is 0.116 e. The highest BCUT2D eigenvalue weighted by atomic mass is 79.9. The summed E-state index contributed by atoms with van der Waals surface area (Å²) in [6, 6.07) is 3.79. The van der Waals surface area contributed by atoms with Crippen LogP contribution in [0.4, 0.5) is 0 Å². The number of rotatable bonds is 1. The second kappa shape index (κ2) is 4.64. The van der Waals surface area contributed by atoms with Gasteiger partial charge in [0, 0.05) is 5.33 Å². The van der Waals surface area contributed by atoms with E-state index in [1.54, 1.807) is 0 Å². The SMILES string of the molecule is CC(C)(C)c1cc(O)cc(C(C)(C)C)c1CBr. The number of benzene rings is 1. The van der Waals surface area contributed by atoms with E-state index in [-0.39, 0.29) is 10.8 Å². The summed E-state index contributed by atoms with van der Waals surface area (Å²) in [5.74, 6) is 0.365. The lowest BCUT2D eigenvalue weighted by molar-refractivity contribution is 0.464. The Balaban J connectivity index is 3.58. The average Bonchev–Trinajstić information content (AvgIpc) is 2.13. The van der Waals surface area contributed by atoms with Crippen LogP contribution in [0.3, 0.4) is 0 Å². The Morgan fingerprint density at radius 2 is 1.29 bits per heavy atom. The van der Waals surface area contributed by atoms with Crippen molar-refractivity contribution in [2.24, 2.45) is 0 Å². The molecule has 2 heteroatoms. The summed E-state index contributed by atoms with van der Waals surface area (Å²) in [5.41, 5.74) is 3.84. The Morgan fingerprint density at radius 3 is 1.53 bits per heavy atom. The van der Waals surface area contributed by atoms with E-state index < -0.39 is 0 Å². The normalized spacial score (nSPS) is 12.9. The molecule has 17 heavy (non-hydrogen) atoms. The highest BCUT2D eigenvalue weighted by molar-refractivity contribution is 9.08. The van der Waals surface area contributed by atoms with Crippen LogP contribution >= 0.6 is 15.9 Å². The minimum Gasteiger partial charge on any atom is -0.508 e. The summed E-state index contributed by atoms with van der Waals surface area (Å²) in [6.07, 6.45) is 0. The standard InChI is InChI=1S/C15H23BrO/c1-14(2,3)12-7-10(17)8-13(11(12)9-16)15(4,5)6/h7-8,17H,9H2,1-6H3. The van der Waals surface area contributed by atoms with Gasteiger partial charge in [0.25, 0.3) is 0 Å². The van der Waals surface area contributed by atoms with Crippen LogP contribution in [0.15, 0.2) is 12.1 Å². The molecule has 0 saturated carbocycles. The molecule has 0 unspecified atom stereocenters. The minimum absolute atomic E-state index is 0.0435. The summed E-state index contributed by atoms with van der Waals surface area (Å²) in [5, 5.41) is 10.8. The number of hydrogen-bond acceptors (Lipinski definition) is 1. The third-order valence-corrected chi connectivity index (χ3v) is 3.55. The fourth-order valence-corrected chi connectivity index (χ4v) is 2.74. The molecule has 0 aliphatic carbocycles. The summed E-state index contributed by atoms with van der Waals surface area (Å²) in [6.45, 7) is 13.1. The monoisotopic (exact) mass is 298 g/mol. The molecule has 1 nitrogen and oxygen atoms in total. The molecule has 0 atom stereocenters. The van der Waals surface area contributed by atoms with Gasteiger partial charge in [-0.15, -0.1) is 0 Å². The van der Waals surface area contributed by atoms with Gasteiger partial charge in [-0.3, -0.25) is 0 Å². The van der Waals surface area contributed by atoms with Crippen molar-refractivity contribution >= 4 is 15.9 Å². The van der Waals surface area contributed by atoms with E-state index in [9.17, 15) is 5.11 Å². The Kier molecular flexibility index (Phi) is 3.97. The molecule has 0 radical (unpaired) electrons. The van der Waals surface area contributed by atoms with E-state index in [1.807, 2.05) is 12.1 Å². The van der Waals surface area contributed by atoms with Crippen molar-refractivity contribution in [1.29, 1.82) is 0 Å². The van der Waals surface area contributed by atoms with Crippen LogP contribution in [0.1, 0.15) is 58.2 Å². The second-order valence-electron chi connectivity index (χ2n) is 6.65. The highest BCUT2D eigenvalue weighted by Gasteiger charge is 2.25. The molecule has 1 aromatic rings.